The minimum absolute atomic E-state index is 0.812. The van der Waals surface area contributed by atoms with E-state index in [1.807, 2.05) is 24.4 Å². The summed E-state index contributed by atoms with van der Waals surface area (Å²) in [5.41, 5.74) is 7.79. The molecule has 0 aliphatic heterocycles. The van der Waals surface area contributed by atoms with Crippen LogP contribution >= 0.6 is 0 Å². The maximum Gasteiger partial charge on any atom is 0.0702 e. The fourth-order valence-corrected chi connectivity index (χ4v) is 2.31. The van der Waals surface area contributed by atoms with Gasteiger partial charge in [-0.25, -0.2) is 0 Å². The Morgan fingerprint density at radius 1 is 1.11 bits per heavy atom. The summed E-state index contributed by atoms with van der Waals surface area (Å²) in [6, 6.07) is 5.98. The maximum absolute atomic E-state index is 5.82. The first-order chi connectivity index (χ1) is 8.81. The van der Waals surface area contributed by atoms with Gasteiger partial charge in [0.25, 0.3) is 0 Å². The number of nitrogen functional groups attached to an aromatic ring is 1. The molecule has 0 atom stereocenters. The normalized spacial score (nSPS) is 11.2. The van der Waals surface area contributed by atoms with E-state index in [0.717, 1.165) is 17.7 Å². The molecule has 98 valence electrons. The first-order valence-corrected chi connectivity index (χ1v) is 7.02. The van der Waals surface area contributed by atoms with Crippen molar-refractivity contribution in [3.8, 4) is 0 Å². The largest absolute Gasteiger partial charge is 0.399 e. The summed E-state index contributed by atoms with van der Waals surface area (Å²) in [6.45, 7) is 3.25. The number of rotatable bonds is 7. The molecule has 0 fully saturated rings. The van der Waals surface area contributed by atoms with Crippen LogP contribution in [0.15, 0.2) is 24.4 Å². The van der Waals surface area contributed by atoms with Crippen LogP contribution in [0.4, 0.5) is 5.69 Å². The van der Waals surface area contributed by atoms with Crippen LogP contribution in [0.25, 0.3) is 10.9 Å². The monoisotopic (exact) mass is 245 g/mol. The van der Waals surface area contributed by atoms with Gasteiger partial charge in [-0.2, -0.15) is 5.10 Å². The predicted molar refractivity (Wildman–Crippen MR) is 77.5 cm³/mol. The molecule has 0 unspecified atom stereocenters. The molecule has 0 saturated heterocycles. The smallest absolute Gasteiger partial charge is 0.0702 e. The molecule has 3 heteroatoms. The van der Waals surface area contributed by atoms with E-state index in [1.165, 1.54) is 43.9 Å². The van der Waals surface area contributed by atoms with Crippen molar-refractivity contribution >= 4 is 16.6 Å². The number of benzene rings is 1. The Morgan fingerprint density at radius 2 is 1.89 bits per heavy atom. The lowest BCUT2D eigenvalue weighted by atomic mass is 10.1. The minimum atomic E-state index is 0.812. The number of aryl methyl sites for hydroxylation is 1. The molecular formula is C15H23N3. The number of hydrogen-bond donors (Lipinski definition) is 1. The molecule has 0 saturated carbocycles. The molecule has 0 aliphatic carbocycles. The lowest BCUT2D eigenvalue weighted by Crippen LogP contribution is -2.00. The van der Waals surface area contributed by atoms with Crippen LogP contribution in [0.3, 0.4) is 0 Å². The Hall–Kier alpha value is -1.51. The molecule has 0 amide bonds. The van der Waals surface area contributed by atoms with Gasteiger partial charge in [0.15, 0.2) is 0 Å². The third kappa shape index (κ3) is 3.25. The number of hydrogen-bond acceptors (Lipinski definition) is 2. The Kier molecular flexibility index (Phi) is 4.62. The highest BCUT2D eigenvalue weighted by molar-refractivity contribution is 5.81. The molecule has 1 heterocycles. The number of anilines is 1. The van der Waals surface area contributed by atoms with E-state index in [2.05, 4.69) is 16.7 Å². The van der Waals surface area contributed by atoms with Crippen LogP contribution in [0.5, 0.6) is 0 Å². The zero-order valence-electron chi connectivity index (χ0n) is 11.2. The van der Waals surface area contributed by atoms with Crippen molar-refractivity contribution in [1.82, 2.24) is 9.78 Å². The number of fused-ring (bicyclic) bond motifs is 1. The fourth-order valence-electron chi connectivity index (χ4n) is 2.31. The van der Waals surface area contributed by atoms with Gasteiger partial charge in [0.1, 0.15) is 0 Å². The van der Waals surface area contributed by atoms with Crippen LogP contribution < -0.4 is 5.73 Å². The average molecular weight is 245 g/mol. The van der Waals surface area contributed by atoms with E-state index in [0.29, 0.717) is 0 Å². The van der Waals surface area contributed by atoms with Crippen LogP contribution in [0, 0.1) is 0 Å². The number of unbranched alkanes of at least 4 members (excludes halogenated alkanes) is 5. The summed E-state index contributed by atoms with van der Waals surface area (Å²) in [4.78, 5) is 0. The number of nitrogens with zero attached hydrogens (tertiary/aromatic N) is 2. The average Bonchev–Trinajstić information content (AvgIpc) is 2.76. The molecule has 2 N–H and O–H groups in total. The molecule has 2 aromatic rings. The molecule has 0 radical (unpaired) electrons. The second-order valence-corrected chi connectivity index (χ2v) is 4.95. The van der Waals surface area contributed by atoms with Crippen molar-refractivity contribution in [2.75, 3.05) is 5.73 Å². The number of nitrogens with two attached hydrogens (primary N) is 1. The summed E-state index contributed by atoms with van der Waals surface area (Å²) in [6.07, 6.45) is 9.80. The molecule has 18 heavy (non-hydrogen) atoms. The van der Waals surface area contributed by atoms with Crippen LogP contribution in [0.1, 0.15) is 45.4 Å². The third-order valence-corrected chi connectivity index (χ3v) is 3.39. The Bertz CT molecular complexity index is 487. The fraction of sp³-hybridized carbons (Fsp3) is 0.533. The topological polar surface area (TPSA) is 43.8 Å². The first kappa shape index (κ1) is 12.9. The lowest BCUT2D eigenvalue weighted by molar-refractivity contribution is 0.537. The van der Waals surface area contributed by atoms with E-state index in [-0.39, 0.29) is 0 Å². The van der Waals surface area contributed by atoms with Gasteiger partial charge in [-0.05, 0) is 24.6 Å². The highest BCUT2D eigenvalue weighted by Gasteiger charge is 2.02. The first-order valence-electron chi connectivity index (χ1n) is 7.02. The van der Waals surface area contributed by atoms with Gasteiger partial charge in [0.05, 0.1) is 11.7 Å². The SMILES string of the molecule is CCCCCCCCn1ncc2ccc(N)cc21. The predicted octanol–water partition coefficient (Wildman–Crippen LogP) is 3.98. The van der Waals surface area contributed by atoms with Crippen LogP contribution in [-0.2, 0) is 6.54 Å². The summed E-state index contributed by atoms with van der Waals surface area (Å²) in [5, 5.41) is 5.61. The summed E-state index contributed by atoms with van der Waals surface area (Å²) in [5.74, 6) is 0. The molecule has 0 spiro atoms. The third-order valence-electron chi connectivity index (χ3n) is 3.39. The van der Waals surface area contributed by atoms with Crippen molar-refractivity contribution in [3.05, 3.63) is 24.4 Å². The van der Waals surface area contributed by atoms with Crippen molar-refractivity contribution in [3.63, 3.8) is 0 Å². The van der Waals surface area contributed by atoms with Gasteiger partial charge in [-0.3, -0.25) is 4.68 Å². The quantitative estimate of drug-likeness (QED) is 0.592. The highest BCUT2D eigenvalue weighted by Crippen LogP contribution is 2.17. The van der Waals surface area contributed by atoms with E-state index in [4.69, 9.17) is 5.73 Å². The molecule has 1 aromatic carbocycles. The molecule has 3 nitrogen and oxygen atoms in total. The zero-order valence-corrected chi connectivity index (χ0v) is 11.2. The minimum Gasteiger partial charge on any atom is -0.399 e. The highest BCUT2D eigenvalue weighted by atomic mass is 15.3. The van der Waals surface area contributed by atoms with Gasteiger partial charge >= 0.3 is 0 Å². The molecule has 1 aromatic heterocycles. The van der Waals surface area contributed by atoms with Gasteiger partial charge in [-0.15, -0.1) is 0 Å². The molecule has 2 rings (SSSR count). The molecule has 0 bridgehead atoms. The van der Waals surface area contributed by atoms with E-state index >= 15 is 0 Å². The molecular weight excluding hydrogens is 222 g/mol. The lowest BCUT2D eigenvalue weighted by Gasteiger charge is -2.04. The summed E-state index contributed by atoms with van der Waals surface area (Å²) >= 11 is 0. The Balaban J connectivity index is 1.86. The van der Waals surface area contributed by atoms with Gasteiger partial charge in [0.2, 0.25) is 0 Å². The summed E-state index contributed by atoms with van der Waals surface area (Å²) < 4.78 is 2.07. The Morgan fingerprint density at radius 3 is 2.72 bits per heavy atom. The van der Waals surface area contributed by atoms with Gasteiger partial charge in [0, 0.05) is 17.6 Å². The van der Waals surface area contributed by atoms with Crippen LogP contribution in [-0.4, -0.2) is 9.78 Å². The van der Waals surface area contributed by atoms with E-state index in [1.54, 1.807) is 0 Å². The van der Waals surface area contributed by atoms with Gasteiger partial charge in [-0.1, -0.05) is 39.0 Å². The summed E-state index contributed by atoms with van der Waals surface area (Å²) in [7, 11) is 0. The van der Waals surface area contributed by atoms with Gasteiger partial charge < -0.3 is 5.73 Å². The Labute approximate surface area is 109 Å². The second-order valence-electron chi connectivity index (χ2n) is 4.95. The van der Waals surface area contributed by atoms with Crippen LogP contribution in [0.2, 0.25) is 0 Å². The zero-order chi connectivity index (χ0) is 12.8. The standard InChI is InChI=1S/C15H23N3/c1-2-3-4-5-6-7-10-18-15-11-14(16)9-8-13(15)12-17-18/h8-9,11-12H,2-7,10,16H2,1H3. The van der Waals surface area contributed by atoms with Crippen molar-refractivity contribution in [1.29, 1.82) is 0 Å². The maximum atomic E-state index is 5.82. The molecule has 0 aliphatic rings. The van der Waals surface area contributed by atoms with E-state index in [9.17, 15) is 0 Å². The second kappa shape index (κ2) is 6.43. The van der Waals surface area contributed by atoms with Crippen molar-refractivity contribution in [2.24, 2.45) is 0 Å². The van der Waals surface area contributed by atoms with Crippen molar-refractivity contribution < 1.29 is 0 Å². The number of aromatic nitrogens is 2. The van der Waals surface area contributed by atoms with Crippen molar-refractivity contribution in [2.45, 2.75) is 52.0 Å². The van der Waals surface area contributed by atoms with E-state index < -0.39 is 0 Å².